The average Bonchev–Trinajstić information content (AvgIpc) is 2.67. The third-order valence-electron chi connectivity index (χ3n) is 3.90. The molecular weight excluding hydrogens is 352 g/mol. The van der Waals surface area contributed by atoms with Gasteiger partial charge in [-0.15, -0.1) is 0 Å². The number of aryl methyl sites for hydroxylation is 2. The first kappa shape index (κ1) is 19.2. The van der Waals surface area contributed by atoms with E-state index in [1.807, 2.05) is 67.6 Å². The largest absolute Gasteiger partial charge is 0.352 e. The van der Waals surface area contributed by atoms with Crippen molar-refractivity contribution in [1.82, 2.24) is 15.3 Å². The molecule has 0 bridgehead atoms. The van der Waals surface area contributed by atoms with Crippen molar-refractivity contribution in [3.05, 3.63) is 71.9 Å². The van der Waals surface area contributed by atoms with Gasteiger partial charge in [0.15, 0.2) is 0 Å². The number of urea groups is 1. The first-order chi connectivity index (χ1) is 13.6. The predicted octanol–water partition coefficient (Wildman–Crippen LogP) is 4.07. The lowest BCUT2D eigenvalue weighted by Crippen LogP contribution is -2.32. The highest BCUT2D eigenvalue weighted by Crippen LogP contribution is 2.17. The van der Waals surface area contributed by atoms with Gasteiger partial charge in [0.25, 0.3) is 0 Å². The van der Waals surface area contributed by atoms with E-state index in [1.54, 1.807) is 0 Å². The molecule has 0 atom stereocenters. The summed E-state index contributed by atoms with van der Waals surface area (Å²) in [5, 5.41) is 12.0. The molecule has 0 saturated heterocycles. The second-order valence-corrected chi connectivity index (χ2v) is 6.38. The Bertz CT molecular complexity index is 912. The topological polar surface area (TPSA) is 91.0 Å². The zero-order valence-electron chi connectivity index (χ0n) is 16.0. The van der Waals surface area contributed by atoms with Crippen LogP contribution in [0.2, 0.25) is 0 Å². The van der Waals surface area contributed by atoms with Gasteiger partial charge in [-0.2, -0.15) is 4.98 Å². The molecule has 0 saturated carbocycles. The van der Waals surface area contributed by atoms with Gasteiger partial charge in [0, 0.05) is 36.2 Å². The number of rotatable bonds is 7. The summed E-state index contributed by atoms with van der Waals surface area (Å²) >= 11 is 0. The summed E-state index contributed by atoms with van der Waals surface area (Å²) in [5.74, 6) is 1.23. The number of carbonyl (C=O) groups excluding carboxylic acids is 1. The van der Waals surface area contributed by atoms with E-state index < -0.39 is 0 Å². The van der Waals surface area contributed by atoms with E-state index in [0.717, 1.165) is 17.1 Å². The van der Waals surface area contributed by atoms with Crippen molar-refractivity contribution in [3.8, 4) is 0 Å². The smallest absolute Gasteiger partial charge is 0.319 e. The van der Waals surface area contributed by atoms with E-state index in [9.17, 15) is 4.79 Å². The number of aromatic nitrogens is 2. The molecule has 1 aromatic heterocycles. The van der Waals surface area contributed by atoms with Crippen molar-refractivity contribution in [2.24, 2.45) is 0 Å². The van der Waals surface area contributed by atoms with Crippen LogP contribution in [0.15, 0.2) is 60.7 Å². The van der Waals surface area contributed by atoms with Crippen molar-refractivity contribution in [2.45, 2.75) is 13.8 Å². The van der Waals surface area contributed by atoms with Gasteiger partial charge in [-0.1, -0.05) is 35.9 Å². The van der Waals surface area contributed by atoms with Crippen LogP contribution < -0.4 is 21.3 Å². The fourth-order valence-electron chi connectivity index (χ4n) is 2.54. The maximum atomic E-state index is 11.9. The lowest BCUT2D eigenvalue weighted by Gasteiger charge is -2.11. The summed E-state index contributed by atoms with van der Waals surface area (Å²) in [4.78, 5) is 20.7. The van der Waals surface area contributed by atoms with Gasteiger partial charge in [0.05, 0.1) is 0 Å². The van der Waals surface area contributed by atoms with Crippen molar-refractivity contribution in [2.75, 3.05) is 29.0 Å². The number of anilines is 4. The van der Waals surface area contributed by atoms with E-state index in [2.05, 4.69) is 38.2 Å². The second kappa shape index (κ2) is 9.36. The van der Waals surface area contributed by atoms with Crippen LogP contribution in [0.1, 0.15) is 11.3 Å². The quantitative estimate of drug-likeness (QED) is 0.467. The molecule has 0 unspecified atom stereocenters. The van der Waals surface area contributed by atoms with Gasteiger partial charge in [0.2, 0.25) is 5.95 Å². The summed E-state index contributed by atoms with van der Waals surface area (Å²) in [5.41, 5.74) is 3.77. The normalized spacial score (nSPS) is 10.2. The highest BCUT2D eigenvalue weighted by molar-refractivity contribution is 5.89. The standard InChI is InChI=1S/C21H24N6O/c1-15-8-10-18(11-9-15)25-19-14-16(2)24-20(27-19)22-12-13-23-21(28)26-17-6-4-3-5-7-17/h3-11,14H,12-13H2,1-2H3,(H2,23,26,28)(H2,22,24,25,27). The Balaban J connectivity index is 1.48. The van der Waals surface area contributed by atoms with E-state index in [0.29, 0.717) is 24.9 Å². The van der Waals surface area contributed by atoms with Gasteiger partial charge < -0.3 is 21.3 Å². The number of nitrogens with one attached hydrogen (secondary N) is 4. The number of nitrogens with zero attached hydrogens (tertiary/aromatic N) is 2. The number of amides is 2. The van der Waals surface area contributed by atoms with Gasteiger partial charge in [-0.05, 0) is 38.1 Å². The van der Waals surface area contributed by atoms with Crippen LogP contribution in [0.5, 0.6) is 0 Å². The van der Waals surface area contributed by atoms with Crippen LogP contribution in [-0.2, 0) is 0 Å². The molecule has 2 aromatic carbocycles. The van der Waals surface area contributed by atoms with Crippen LogP contribution in [-0.4, -0.2) is 29.1 Å². The minimum absolute atomic E-state index is 0.250. The third-order valence-corrected chi connectivity index (χ3v) is 3.90. The Morgan fingerprint density at radius 3 is 2.39 bits per heavy atom. The Morgan fingerprint density at radius 2 is 1.64 bits per heavy atom. The molecule has 2 amide bonds. The van der Waals surface area contributed by atoms with Crippen LogP contribution in [0.25, 0.3) is 0 Å². The minimum Gasteiger partial charge on any atom is -0.352 e. The van der Waals surface area contributed by atoms with Crippen LogP contribution in [0.4, 0.5) is 27.9 Å². The average molecular weight is 376 g/mol. The highest BCUT2D eigenvalue weighted by atomic mass is 16.2. The first-order valence-corrected chi connectivity index (χ1v) is 9.12. The number of hydrogen-bond acceptors (Lipinski definition) is 5. The van der Waals surface area contributed by atoms with Crippen molar-refractivity contribution < 1.29 is 4.79 Å². The van der Waals surface area contributed by atoms with Crippen LogP contribution in [0, 0.1) is 13.8 Å². The van der Waals surface area contributed by atoms with E-state index in [4.69, 9.17) is 0 Å². The van der Waals surface area contributed by atoms with Gasteiger partial charge >= 0.3 is 6.03 Å². The molecule has 1 heterocycles. The lowest BCUT2D eigenvalue weighted by atomic mass is 10.2. The monoisotopic (exact) mass is 376 g/mol. The van der Waals surface area contributed by atoms with Crippen molar-refractivity contribution in [1.29, 1.82) is 0 Å². The maximum absolute atomic E-state index is 11.9. The molecule has 28 heavy (non-hydrogen) atoms. The first-order valence-electron chi connectivity index (χ1n) is 9.12. The summed E-state index contributed by atoms with van der Waals surface area (Å²) in [6.45, 7) is 4.92. The zero-order valence-corrected chi connectivity index (χ0v) is 16.0. The fourth-order valence-corrected chi connectivity index (χ4v) is 2.54. The molecule has 0 fully saturated rings. The highest BCUT2D eigenvalue weighted by Gasteiger charge is 2.04. The van der Waals surface area contributed by atoms with Gasteiger partial charge in [0.1, 0.15) is 5.82 Å². The lowest BCUT2D eigenvalue weighted by molar-refractivity contribution is 0.252. The van der Waals surface area contributed by atoms with Crippen LogP contribution >= 0.6 is 0 Å². The molecule has 0 aliphatic heterocycles. The Kier molecular flexibility index (Phi) is 6.41. The SMILES string of the molecule is Cc1ccc(Nc2cc(C)nc(NCCNC(=O)Nc3ccccc3)n2)cc1. The summed E-state index contributed by atoms with van der Waals surface area (Å²) < 4.78 is 0. The molecule has 7 nitrogen and oxygen atoms in total. The molecule has 0 aliphatic rings. The number of para-hydroxylation sites is 1. The Morgan fingerprint density at radius 1 is 0.893 bits per heavy atom. The van der Waals surface area contributed by atoms with Crippen molar-refractivity contribution >= 4 is 29.2 Å². The van der Waals surface area contributed by atoms with E-state index in [1.165, 1.54) is 5.56 Å². The second-order valence-electron chi connectivity index (χ2n) is 6.38. The molecule has 4 N–H and O–H groups in total. The molecule has 7 heteroatoms. The Hall–Kier alpha value is -3.61. The maximum Gasteiger partial charge on any atom is 0.319 e. The predicted molar refractivity (Wildman–Crippen MR) is 113 cm³/mol. The van der Waals surface area contributed by atoms with Crippen molar-refractivity contribution in [3.63, 3.8) is 0 Å². The third kappa shape index (κ3) is 5.98. The molecule has 3 aromatic rings. The molecular formula is C21H24N6O. The van der Waals surface area contributed by atoms with Gasteiger partial charge in [-0.25, -0.2) is 9.78 Å². The summed E-state index contributed by atoms with van der Waals surface area (Å²) in [6, 6.07) is 19.0. The van der Waals surface area contributed by atoms with Gasteiger partial charge in [-0.3, -0.25) is 0 Å². The Labute approximate surface area is 164 Å². The zero-order chi connectivity index (χ0) is 19.8. The van der Waals surface area contributed by atoms with E-state index in [-0.39, 0.29) is 6.03 Å². The van der Waals surface area contributed by atoms with E-state index >= 15 is 0 Å². The molecule has 144 valence electrons. The number of carbonyl (C=O) groups is 1. The fraction of sp³-hybridized carbons (Fsp3) is 0.190. The van der Waals surface area contributed by atoms with Crippen LogP contribution in [0.3, 0.4) is 0 Å². The molecule has 3 rings (SSSR count). The molecule has 0 radical (unpaired) electrons. The summed E-state index contributed by atoms with van der Waals surface area (Å²) in [6.07, 6.45) is 0. The number of benzene rings is 2. The molecule has 0 aliphatic carbocycles. The molecule has 0 spiro atoms. The minimum atomic E-state index is -0.250. The summed E-state index contributed by atoms with van der Waals surface area (Å²) in [7, 11) is 0. The number of hydrogen-bond donors (Lipinski definition) is 4.